The van der Waals surface area contributed by atoms with Crippen LogP contribution in [-0.2, 0) is 14.9 Å². The third-order valence-electron chi connectivity index (χ3n) is 6.89. The van der Waals surface area contributed by atoms with Crippen molar-refractivity contribution in [3.05, 3.63) is 114 Å². The molecule has 198 valence electrons. The maximum atomic E-state index is 13.5. The quantitative estimate of drug-likeness (QED) is 0.204. The molecule has 0 saturated heterocycles. The second-order valence-corrected chi connectivity index (χ2v) is 13.1. The smallest absolute Gasteiger partial charge is 0.127 e. The van der Waals surface area contributed by atoms with Crippen LogP contribution < -0.4 is 9.47 Å². The third kappa shape index (κ3) is 6.14. The molecule has 3 nitrogen and oxygen atoms in total. The van der Waals surface area contributed by atoms with Gasteiger partial charge < -0.3 is 9.47 Å². The molecule has 0 aliphatic carbocycles. The van der Waals surface area contributed by atoms with Gasteiger partial charge in [0.15, 0.2) is 0 Å². The van der Waals surface area contributed by atoms with Gasteiger partial charge in [-0.25, -0.2) is 0 Å². The second kappa shape index (κ2) is 11.1. The first-order chi connectivity index (χ1) is 18.0. The normalized spacial score (nSPS) is 13.4. The summed E-state index contributed by atoms with van der Waals surface area (Å²) < 4.78 is 25.4. The predicted octanol–water partition coefficient (Wildman–Crippen LogP) is 8.85. The van der Waals surface area contributed by atoms with E-state index in [1.165, 1.54) is 16.7 Å². The van der Waals surface area contributed by atoms with E-state index in [0.717, 1.165) is 16.4 Å². The standard InChI is InChI=1S/C34H38O3S/c1-24(2)26-8-20-32(21-9-26)38(7,35)33-22-18-31(19-23-33)37-30-16-12-28(13-17-30)34(5,6)27-10-14-29(15-11-27)36-25(3)4/h8-25H,7H2,1-6H3. The molecule has 4 aromatic carbocycles. The molecule has 0 bridgehead atoms. The Morgan fingerprint density at radius 1 is 0.632 bits per heavy atom. The van der Waals surface area contributed by atoms with Gasteiger partial charge in [-0.05, 0) is 103 Å². The van der Waals surface area contributed by atoms with Gasteiger partial charge in [0.05, 0.1) is 6.10 Å². The van der Waals surface area contributed by atoms with Crippen molar-refractivity contribution in [2.45, 2.75) is 68.8 Å². The molecule has 0 aromatic heterocycles. The van der Waals surface area contributed by atoms with E-state index < -0.39 is 9.52 Å². The van der Waals surface area contributed by atoms with E-state index in [9.17, 15) is 4.21 Å². The van der Waals surface area contributed by atoms with Crippen molar-refractivity contribution in [2.75, 3.05) is 0 Å². The Bertz CT molecular complexity index is 1450. The molecule has 1 atom stereocenters. The summed E-state index contributed by atoms with van der Waals surface area (Å²) in [7, 11) is -2.59. The first kappa shape index (κ1) is 27.5. The van der Waals surface area contributed by atoms with Gasteiger partial charge in [0.2, 0.25) is 0 Å². The van der Waals surface area contributed by atoms with Crippen molar-refractivity contribution in [1.29, 1.82) is 0 Å². The summed E-state index contributed by atoms with van der Waals surface area (Å²) in [6, 6.07) is 31.8. The summed E-state index contributed by atoms with van der Waals surface area (Å²) in [5.74, 6) is 6.80. The molecule has 0 aliphatic rings. The van der Waals surface area contributed by atoms with E-state index in [2.05, 4.69) is 57.8 Å². The zero-order valence-electron chi connectivity index (χ0n) is 23.2. The molecule has 0 N–H and O–H groups in total. The highest BCUT2D eigenvalue weighted by molar-refractivity contribution is 8.00. The average Bonchev–Trinajstić information content (AvgIpc) is 2.89. The van der Waals surface area contributed by atoms with E-state index in [4.69, 9.17) is 9.47 Å². The molecule has 0 radical (unpaired) electrons. The lowest BCUT2D eigenvalue weighted by Gasteiger charge is -2.26. The van der Waals surface area contributed by atoms with Crippen LogP contribution in [0.1, 0.15) is 64.2 Å². The Balaban J connectivity index is 1.45. The summed E-state index contributed by atoms with van der Waals surface area (Å²) in [6.07, 6.45) is 0.155. The highest BCUT2D eigenvalue weighted by Gasteiger charge is 2.23. The lowest BCUT2D eigenvalue weighted by Crippen LogP contribution is -2.18. The van der Waals surface area contributed by atoms with Crippen molar-refractivity contribution < 1.29 is 13.7 Å². The van der Waals surface area contributed by atoms with Crippen molar-refractivity contribution in [3.63, 3.8) is 0 Å². The molecule has 0 saturated carbocycles. The fourth-order valence-electron chi connectivity index (χ4n) is 4.40. The van der Waals surface area contributed by atoms with Crippen molar-refractivity contribution in [1.82, 2.24) is 0 Å². The van der Waals surface area contributed by atoms with Gasteiger partial charge in [-0.3, -0.25) is 4.21 Å². The fourth-order valence-corrected chi connectivity index (χ4v) is 5.82. The SMILES string of the molecule is C=S(=O)(c1ccc(Oc2ccc(C(C)(C)c3ccc(OC(C)C)cc3)cc2)cc1)c1ccc(C(C)C)cc1. The zero-order valence-corrected chi connectivity index (χ0v) is 24.0. The predicted molar refractivity (Wildman–Crippen MR) is 160 cm³/mol. The van der Waals surface area contributed by atoms with Crippen molar-refractivity contribution in [3.8, 4) is 17.2 Å². The Kier molecular flexibility index (Phi) is 8.03. The van der Waals surface area contributed by atoms with Gasteiger partial charge in [-0.1, -0.05) is 64.1 Å². The van der Waals surface area contributed by atoms with Gasteiger partial charge in [0.1, 0.15) is 17.2 Å². The highest BCUT2D eigenvalue weighted by Crippen LogP contribution is 2.34. The zero-order chi connectivity index (χ0) is 27.5. The molecule has 4 aromatic rings. The molecule has 0 spiro atoms. The molecular formula is C34H38O3S. The maximum absolute atomic E-state index is 13.5. The number of benzene rings is 4. The van der Waals surface area contributed by atoms with Crippen LogP contribution >= 0.6 is 0 Å². The van der Waals surface area contributed by atoms with Crippen LogP contribution in [0, 0.1) is 0 Å². The van der Waals surface area contributed by atoms with Crippen LogP contribution in [0.3, 0.4) is 0 Å². The largest absolute Gasteiger partial charge is 0.491 e. The molecule has 0 heterocycles. The molecule has 0 amide bonds. The highest BCUT2D eigenvalue weighted by atomic mass is 32.2. The second-order valence-electron chi connectivity index (χ2n) is 10.8. The molecule has 0 aliphatic heterocycles. The molecule has 1 unspecified atom stereocenters. The minimum Gasteiger partial charge on any atom is -0.491 e. The van der Waals surface area contributed by atoms with Crippen molar-refractivity contribution in [2.24, 2.45) is 0 Å². The first-order valence-electron chi connectivity index (χ1n) is 13.1. The Labute approximate surface area is 228 Å². The number of ether oxygens (including phenoxy) is 2. The lowest BCUT2D eigenvalue weighted by atomic mass is 9.78. The monoisotopic (exact) mass is 526 g/mol. The minimum atomic E-state index is -2.59. The summed E-state index contributed by atoms with van der Waals surface area (Å²) in [5, 5.41) is 0. The Morgan fingerprint density at radius 2 is 1.03 bits per heavy atom. The van der Waals surface area contributed by atoms with Gasteiger partial charge in [-0.2, -0.15) is 0 Å². The summed E-state index contributed by atoms with van der Waals surface area (Å²) >= 11 is 0. The van der Waals surface area contributed by atoms with Crippen LogP contribution in [0.4, 0.5) is 0 Å². The van der Waals surface area contributed by atoms with E-state index in [-0.39, 0.29) is 11.5 Å². The van der Waals surface area contributed by atoms with Gasteiger partial charge >= 0.3 is 0 Å². The molecule has 0 fully saturated rings. The van der Waals surface area contributed by atoms with Crippen LogP contribution in [0.2, 0.25) is 0 Å². The van der Waals surface area contributed by atoms with E-state index in [1.54, 1.807) is 0 Å². The van der Waals surface area contributed by atoms with Crippen LogP contribution in [0.15, 0.2) is 107 Å². The third-order valence-corrected chi connectivity index (χ3v) is 8.96. The summed E-state index contributed by atoms with van der Waals surface area (Å²) in [5.41, 5.74) is 3.46. The topological polar surface area (TPSA) is 35.5 Å². The van der Waals surface area contributed by atoms with E-state index in [0.29, 0.717) is 16.6 Å². The van der Waals surface area contributed by atoms with Crippen molar-refractivity contribution >= 4 is 15.4 Å². The first-order valence-corrected chi connectivity index (χ1v) is 14.8. The number of hydrogen-bond donors (Lipinski definition) is 0. The van der Waals surface area contributed by atoms with Crippen LogP contribution in [0.5, 0.6) is 17.2 Å². The van der Waals surface area contributed by atoms with Gasteiger partial charge in [-0.15, -0.1) is 0 Å². The van der Waals surface area contributed by atoms with Crippen LogP contribution in [0.25, 0.3) is 0 Å². The number of rotatable bonds is 9. The molecule has 4 rings (SSSR count). The fraction of sp³-hybridized carbons (Fsp3) is 0.265. The molecule has 38 heavy (non-hydrogen) atoms. The Morgan fingerprint density at radius 3 is 1.45 bits per heavy atom. The van der Waals surface area contributed by atoms with Gasteiger partial charge in [0.25, 0.3) is 0 Å². The minimum absolute atomic E-state index is 0.155. The molecule has 4 heteroatoms. The summed E-state index contributed by atoms with van der Waals surface area (Å²) in [4.78, 5) is 1.42. The van der Waals surface area contributed by atoms with Crippen LogP contribution in [-0.4, -0.2) is 16.2 Å². The average molecular weight is 527 g/mol. The maximum Gasteiger partial charge on any atom is 0.127 e. The van der Waals surface area contributed by atoms with E-state index in [1.807, 2.05) is 86.6 Å². The molecular weight excluding hydrogens is 488 g/mol. The Hall–Kier alpha value is -3.50. The van der Waals surface area contributed by atoms with E-state index >= 15 is 0 Å². The summed E-state index contributed by atoms with van der Waals surface area (Å²) in [6.45, 7) is 12.8. The van der Waals surface area contributed by atoms with Gasteiger partial charge in [0, 0.05) is 24.7 Å². The number of hydrogen-bond acceptors (Lipinski definition) is 3. The lowest BCUT2D eigenvalue weighted by molar-refractivity contribution is 0.242.